The van der Waals surface area contributed by atoms with Crippen molar-refractivity contribution >= 4 is 23.5 Å². The second-order valence-electron chi connectivity index (χ2n) is 2.20. The highest BCUT2D eigenvalue weighted by Gasteiger charge is 2.00. The lowest BCUT2D eigenvalue weighted by atomic mass is 10.6. The molecule has 0 saturated heterocycles. The van der Waals surface area contributed by atoms with Crippen LogP contribution in [0.3, 0.4) is 0 Å². The van der Waals surface area contributed by atoms with Gasteiger partial charge in [0.1, 0.15) is 0 Å². The molecule has 0 aromatic heterocycles. The average molecular weight is 277 g/mol. The number of ether oxygens (including phenoxy) is 2. The Bertz CT molecular complexity index is 286. The Balaban J connectivity index is -0.000000216. The van der Waals surface area contributed by atoms with Gasteiger partial charge in [-0.05, 0) is 11.6 Å². The van der Waals surface area contributed by atoms with E-state index in [9.17, 15) is 9.59 Å². The first-order valence-electron chi connectivity index (χ1n) is 4.52. The number of halogens is 1. The summed E-state index contributed by atoms with van der Waals surface area (Å²) >= 11 is 4.76. The third-order valence-corrected chi connectivity index (χ3v) is 0.854. The number of aliphatic hydroxyl groups excluding tert-OH is 1. The Morgan fingerprint density at radius 1 is 1.28 bits per heavy atom. The van der Waals surface area contributed by atoms with E-state index in [4.69, 9.17) is 16.7 Å². The van der Waals surface area contributed by atoms with Gasteiger partial charge < -0.3 is 14.6 Å². The van der Waals surface area contributed by atoms with E-state index in [0.717, 1.165) is 18.4 Å². The van der Waals surface area contributed by atoms with Crippen molar-refractivity contribution in [1.29, 1.82) is 0 Å². The monoisotopic (exact) mass is 276 g/mol. The molecule has 0 radical (unpaired) electrons. The van der Waals surface area contributed by atoms with E-state index in [0.29, 0.717) is 0 Å². The highest BCUT2D eigenvalue weighted by Crippen LogP contribution is 1.87. The van der Waals surface area contributed by atoms with Crippen LogP contribution in [0.2, 0.25) is 0 Å². The van der Waals surface area contributed by atoms with Crippen LogP contribution in [-0.2, 0) is 19.1 Å². The van der Waals surface area contributed by atoms with Gasteiger partial charge in [-0.1, -0.05) is 37.9 Å². The number of rotatable bonds is 4. The molecule has 0 heterocycles. The van der Waals surface area contributed by atoms with Crippen LogP contribution in [0.5, 0.6) is 0 Å². The van der Waals surface area contributed by atoms with Gasteiger partial charge in [0.25, 0.3) is 0 Å². The maximum atomic E-state index is 10.2. The molecule has 5 nitrogen and oxygen atoms in total. The van der Waals surface area contributed by atoms with Crippen molar-refractivity contribution < 1.29 is 24.2 Å². The molecule has 0 saturated carbocycles. The number of aliphatic hydroxyl groups is 1. The maximum absolute atomic E-state index is 10.2. The summed E-state index contributed by atoms with van der Waals surface area (Å²) in [5.41, 5.74) is 1.22. The molecule has 0 aromatic carbocycles. The van der Waals surface area contributed by atoms with Crippen LogP contribution in [0.15, 0.2) is 50.3 Å². The maximum Gasteiger partial charge on any atom is 0.332 e. The molecular weight excluding hydrogens is 260 g/mol. The molecule has 0 fully saturated rings. The fourth-order valence-electron chi connectivity index (χ4n) is 0.333. The molecule has 0 bridgehead atoms. The smallest absolute Gasteiger partial charge is 0.332 e. The summed E-state index contributed by atoms with van der Waals surface area (Å²) in [5.74, 6) is -0.993. The number of hydrogen-bond acceptors (Lipinski definition) is 5. The highest BCUT2D eigenvalue weighted by molar-refractivity contribution is 6.25. The summed E-state index contributed by atoms with van der Waals surface area (Å²) in [6, 6.07) is 0. The lowest BCUT2D eigenvalue weighted by Gasteiger charge is -2.02. The molecule has 6 heteroatoms. The minimum absolute atomic E-state index is 0.329. The van der Waals surface area contributed by atoms with E-state index in [-0.39, 0.29) is 5.97 Å². The largest absolute Gasteiger partial charge is 0.435 e. The summed E-state index contributed by atoms with van der Waals surface area (Å²) in [5, 5.41) is 8.55. The SMILES string of the molecule is C=CC(=O)OC(O)C=C.C=CCl.C=COC(C)=O. The molecule has 0 aromatic rings. The normalized spacial score (nSPS) is 8.83. The molecular formula is C12H17ClO5. The summed E-state index contributed by atoms with van der Waals surface area (Å²) < 4.78 is 8.40. The molecule has 102 valence electrons. The molecule has 0 rings (SSSR count). The second-order valence-corrected chi connectivity index (χ2v) is 2.51. The minimum atomic E-state index is -1.23. The van der Waals surface area contributed by atoms with Crippen molar-refractivity contribution in [3.8, 4) is 0 Å². The Hall–Kier alpha value is -1.85. The van der Waals surface area contributed by atoms with Crippen LogP contribution in [0.4, 0.5) is 0 Å². The van der Waals surface area contributed by atoms with Crippen molar-refractivity contribution in [2.45, 2.75) is 13.2 Å². The van der Waals surface area contributed by atoms with E-state index in [2.05, 4.69) is 35.8 Å². The lowest BCUT2D eigenvalue weighted by Crippen LogP contribution is -2.12. The topological polar surface area (TPSA) is 72.8 Å². The van der Waals surface area contributed by atoms with E-state index < -0.39 is 12.3 Å². The van der Waals surface area contributed by atoms with E-state index in [1.165, 1.54) is 12.5 Å². The molecule has 1 unspecified atom stereocenters. The highest BCUT2D eigenvalue weighted by atomic mass is 35.5. The van der Waals surface area contributed by atoms with E-state index in [1.807, 2.05) is 0 Å². The Labute approximate surface area is 112 Å². The summed E-state index contributed by atoms with van der Waals surface area (Å²) in [7, 11) is 0. The van der Waals surface area contributed by atoms with Crippen LogP contribution in [0.1, 0.15) is 6.92 Å². The zero-order chi connectivity index (χ0) is 15.0. The molecule has 0 aliphatic carbocycles. The van der Waals surface area contributed by atoms with Gasteiger partial charge in [0.05, 0.1) is 6.26 Å². The van der Waals surface area contributed by atoms with Crippen molar-refractivity contribution in [2.75, 3.05) is 0 Å². The second kappa shape index (κ2) is 17.5. The third-order valence-electron chi connectivity index (χ3n) is 0.854. The van der Waals surface area contributed by atoms with Crippen LogP contribution in [-0.4, -0.2) is 23.3 Å². The molecule has 0 aliphatic heterocycles. The van der Waals surface area contributed by atoms with Crippen LogP contribution in [0.25, 0.3) is 0 Å². The zero-order valence-corrected chi connectivity index (χ0v) is 10.9. The fourth-order valence-corrected chi connectivity index (χ4v) is 0.333. The number of esters is 2. The standard InChI is InChI=1S/C6H8O3.C4H6O2.C2H3Cl/c1-3-5(7)9-6(8)4-2;1-3-6-4(2)5;1-2-3/h3-5,7H,1-2H2;3H,1H2,2H3;2H,1H2. The van der Waals surface area contributed by atoms with Crippen molar-refractivity contribution in [3.05, 3.63) is 50.3 Å². The van der Waals surface area contributed by atoms with Crippen LogP contribution < -0.4 is 0 Å². The first kappa shape index (κ1) is 21.4. The third kappa shape index (κ3) is 29.2. The van der Waals surface area contributed by atoms with Crippen LogP contribution >= 0.6 is 11.6 Å². The summed E-state index contributed by atoms with van der Waals surface area (Å²) in [6.45, 7) is 13.9. The van der Waals surface area contributed by atoms with Crippen molar-refractivity contribution in [2.24, 2.45) is 0 Å². The molecule has 0 amide bonds. The number of carbonyl (C=O) groups is 2. The van der Waals surface area contributed by atoms with E-state index >= 15 is 0 Å². The van der Waals surface area contributed by atoms with Gasteiger partial charge in [-0.2, -0.15) is 0 Å². The number of hydrogen-bond donors (Lipinski definition) is 1. The summed E-state index contributed by atoms with van der Waals surface area (Å²) in [6.07, 6.45) is 1.94. The minimum Gasteiger partial charge on any atom is -0.435 e. The molecule has 0 spiro atoms. The zero-order valence-electron chi connectivity index (χ0n) is 10.2. The quantitative estimate of drug-likeness (QED) is 0.280. The molecule has 1 N–H and O–H groups in total. The van der Waals surface area contributed by atoms with Gasteiger partial charge in [0, 0.05) is 13.0 Å². The molecule has 1 atom stereocenters. The predicted molar refractivity (Wildman–Crippen MR) is 70.5 cm³/mol. The van der Waals surface area contributed by atoms with Gasteiger partial charge in [-0.15, -0.1) is 0 Å². The van der Waals surface area contributed by atoms with Gasteiger partial charge >= 0.3 is 11.9 Å². The van der Waals surface area contributed by atoms with Gasteiger partial charge in [0.2, 0.25) is 6.29 Å². The van der Waals surface area contributed by atoms with Gasteiger partial charge in [-0.25, -0.2) is 4.79 Å². The first-order valence-corrected chi connectivity index (χ1v) is 4.96. The Morgan fingerprint density at radius 2 is 1.72 bits per heavy atom. The Morgan fingerprint density at radius 3 is 1.89 bits per heavy atom. The van der Waals surface area contributed by atoms with Crippen molar-refractivity contribution in [1.82, 2.24) is 0 Å². The molecule has 18 heavy (non-hydrogen) atoms. The fraction of sp³-hybridized carbons (Fsp3) is 0.167. The Kier molecular flexibility index (Phi) is 20.9. The average Bonchev–Trinajstić information content (AvgIpc) is 2.30. The van der Waals surface area contributed by atoms with E-state index in [1.54, 1.807) is 0 Å². The molecule has 0 aliphatic rings. The van der Waals surface area contributed by atoms with Gasteiger partial charge in [-0.3, -0.25) is 4.79 Å². The lowest BCUT2D eigenvalue weighted by molar-refractivity contribution is -0.154. The van der Waals surface area contributed by atoms with Gasteiger partial charge in [0.15, 0.2) is 0 Å². The number of carbonyl (C=O) groups excluding carboxylic acids is 2. The van der Waals surface area contributed by atoms with Crippen LogP contribution in [0, 0.1) is 0 Å². The predicted octanol–water partition coefficient (Wildman–Crippen LogP) is 2.28. The summed E-state index contributed by atoms with van der Waals surface area (Å²) in [4.78, 5) is 20.0. The first-order chi connectivity index (χ1) is 8.39. The van der Waals surface area contributed by atoms with Crippen molar-refractivity contribution in [3.63, 3.8) is 0 Å².